The highest BCUT2D eigenvalue weighted by Crippen LogP contribution is 2.64. The summed E-state index contributed by atoms with van der Waals surface area (Å²) in [5.41, 5.74) is 38.5. The lowest BCUT2D eigenvalue weighted by atomic mass is 9.70. The fraction of sp³-hybridized carbons (Fsp3) is 0.0167. The topological polar surface area (TPSA) is 9.86 Å². The lowest BCUT2D eigenvalue weighted by Gasteiger charge is -2.30. The minimum absolute atomic E-state index is 0.407. The molecular formula is C120H78N2. The first kappa shape index (κ1) is 70.5. The fourth-order valence-corrected chi connectivity index (χ4v) is 20.9. The summed E-state index contributed by atoms with van der Waals surface area (Å²) in [6.45, 7) is 2.15. The van der Waals surface area contributed by atoms with Gasteiger partial charge in [0.1, 0.15) is 0 Å². The van der Waals surface area contributed by atoms with Gasteiger partial charge in [-0.2, -0.15) is 0 Å². The molecule has 2 heterocycles. The standard InChI is InChI=1S/C69H43N.C51H35N/c1-2-17-44(18-3-1)46-19-16-20-47(41-46)48-36-40-66-60(42-48)55-24-11-15-32-65(55)70(66)50-37-33-45(34-38-50)67-56-25-4-6-27-58(56)68(59-28-7-5-26-57(59)67)49-35-39-54-53-23-10-14-31-63(53)69(64(54)43-49)61-29-12-8-21-51(61)52-22-9-13-30-62(52)69;1-34-22-24-36(25-23-34)50-43-17-5-7-19-45(43)51(46-20-8-6-18-44(46)50)37-26-29-41(30-27-37)52-48-21-10-9-16-42(48)47-33-40(28-31-49(47)52)39-15-11-14-38(32-39)35-12-3-2-4-13-35/h1-43H;2-33H,1H3. The van der Waals surface area contributed by atoms with Crippen LogP contribution in [-0.4, -0.2) is 9.13 Å². The van der Waals surface area contributed by atoms with E-state index in [4.69, 9.17) is 0 Å². The van der Waals surface area contributed by atoms with E-state index in [0.29, 0.717) is 0 Å². The molecule has 0 unspecified atom stereocenters. The highest BCUT2D eigenvalue weighted by atomic mass is 15.0. The van der Waals surface area contributed by atoms with Gasteiger partial charge in [-0.25, -0.2) is 0 Å². The molecule has 0 aliphatic heterocycles. The molecule has 2 aliphatic carbocycles. The minimum Gasteiger partial charge on any atom is -0.309 e. The normalized spacial score (nSPS) is 12.4. The fourth-order valence-electron chi connectivity index (χ4n) is 20.9. The molecule has 1 spiro atoms. The highest BCUT2D eigenvalue weighted by molar-refractivity contribution is 6.24. The van der Waals surface area contributed by atoms with Gasteiger partial charge in [0.05, 0.1) is 27.5 Å². The molecule has 2 heteroatoms. The van der Waals surface area contributed by atoms with Gasteiger partial charge in [-0.3, -0.25) is 0 Å². The van der Waals surface area contributed by atoms with E-state index in [0.717, 1.165) is 11.4 Å². The van der Waals surface area contributed by atoms with Crippen molar-refractivity contribution in [2.75, 3.05) is 0 Å². The van der Waals surface area contributed by atoms with Crippen LogP contribution in [-0.2, 0) is 5.41 Å². The summed E-state index contributed by atoms with van der Waals surface area (Å²) in [5, 5.41) is 15.1. The van der Waals surface area contributed by atoms with Crippen LogP contribution in [0.15, 0.2) is 455 Å². The van der Waals surface area contributed by atoms with Crippen LogP contribution in [0.2, 0.25) is 0 Å². The number of rotatable bonds is 10. The molecule has 0 fully saturated rings. The Labute approximate surface area is 708 Å². The zero-order chi connectivity index (χ0) is 80.5. The van der Waals surface area contributed by atoms with Gasteiger partial charge >= 0.3 is 0 Å². The summed E-state index contributed by atoms with van der Waals surface area (Å²) in [6.07, 6.45) is 0. The number of hydrogen-bond acceptors (Lipinski definition) is 0. The second-order valence-corrected chi connectivity index (χ2v) is 32.9. The van der Waals surface area contributed by atoms with E-state index in [1.807, 2.05) is 0 Å². The van der Waals surface area contributed by atoms with Crippen LogP contribution in [0.4, 0.5) is 0 Å². The molecule has 25 rings (SSSR count). The van der Waals surface area contributed by atoms with Gasteiger partial charge in [0.2, 0.25) is 0 Å². The monoisotopic (exact) mass is 1550 g/mol. The molecule has 2 aromatic heterocycles. The van der Waals surface area contributed by atoms with E-state index < -0.39 is 5.41 Å². The van der Waals surface area contributed by atoms with Gasteiger partial charge < -0.3 is 9.13 Å². The summed E-state index contributed by atoms with van der Waals surface area (Å²) in [6, 6.07) is 168. The SMILES string of the molecule is Cc1ccc(-c2c3ccccc3c(-c3ccc(-n4c5ccccc5c5cc(-c6cccc(-c7ccccc7)c6)ccc54)cc3)c3ccccc23)cc1.c1ccc(-c2cccc(-c3ccc4c(c3)c3ccccc3n4-c3ccc(-c4c5ccccc5c(-c5ccc6c(c5)C5(c7ccccc7-c7ccccc75)c5ccccc5-6)c5ccccc45)cc3)c2)cc1. The van der Waals surface area contributed by atoms with Gasteiger partial charge in [-0.05, 0) is 262 Å². The number of fused-ring (bicyclic) bond motifs is 20. The van der Waals surface area contributed by atoms with Crippen LogP contribution in [0.25, 0.3) is 209 Å². The quantitative estimate of drug-likeness (QED) is 0.121. The Morgan fingerprint density at radius 1 is 0.156 bits per heavy atom. The Morgan fingerprint density at radius 3 is 0.795 bits per heavy atom. The molecule has 2 aliphatic rings. The van der Waals surface area contributed by atoms with Crippen LogP contribution in [0.5, 0.6) is 0 Å². The molecule has 0 atom stereocenters. The first-order valence-electron chi connectivity index (χ1n) is 42.4. The maximum absolute atomic E-state index is 2.54. The lowest BCUT2D eigenvalue weighted by Crippen LogP contribution is -2.25. The molecule has 23 aromatic rings. The number of benzene rings is 21. The second-order valence-electron chi connectivity index (χ2n) is 32.9. The van der Waals surface area contributed by atoms with Crippen LogP contribution in [0, 0.1) is 6.92 Å². The minimum atomic E-state index is -0.407. The van der Waals surface area contributed by atoms with Crippen LogP contribution in [0.1, 0.15) is 27.8 Å². The number of para-hydroxylation sites is 2. The van der Waals surface area contributed by atoms with Crippen LogP contribution < -0.4 is 0 Å². The molecule has 0 amide bonds. The molecule has 0 bridgehead atoms. The third-order valence-corrected chi connectivity index (χ3v) is 26.3. The Bertz CT molecular complexity index is 7980. The maximum atomic E-state index is 2.54. The Kier molecular flexibility index (Phi) is 16.5. The van der Waals surface area contributed by atoms with Gasteiger partial charge in [0.25, 0.3) is 0 Å². The van der Waals surface area contributed by atoms with Crippen LogP contribution in [0.3, 0.4) is 0 Å². The van der Waals surface area contributed by atoms with Crippen molar-refractivity contribution in [3.05, 3.63) is 483 Å². The summed E-state index contributed by atoms with van der Waals surface area (Å²) in [7, 11) is 0. The largest absolute Gasteiger partial charge is 0.309 e. The Balaban J connectivity index is 0.000000144. The second kappa shape index (κ2) is 28.5. The average Bonchev–Trinajstić information content (AvgIpc) is 1.51. The summed E-state index contributed by atoms with van der Waals surface area (Å²) in [5.74, 6) is 0. The third-order valence-electron chi connectivity index (χ3n) is 26.3. The van der Waals surface area contributed by atoms with E-state index in [1.54, 1.807) is 0 Å². The predicted octanol–water partition coefficient (Wildman–Crippen LogP) is 32.2. The molecule has 122 heavy (non-hydrogen) atoms. The van der Waals surface area contributed by atoms with Crippen molar-refractivity contribution in [1.29, 1.82) is 0 Å². The van der Waals surface area contributed by atoms with Crippen molar-refractivity contribution >= 4 is 86.7 Å². The zero-order valence-corrected chi connectivity index (χ0v) is 67.2. The first-order valence-corrected chi connectivity index (χ1v) is 42.4. The number of aryl methyl sites for hydroxylation is 1. The molecule has 0 saturated heterocycles. The summed E-state index contributed by atoms with van der Waals surface area (Å²) >= 11 is 0. The molecule has 2 nitrogen and oxygen atoms in total. The molecule has 568 valence electrons. The number of nitrogens with zero attached hydrogens (tertiary/aromatic N) is 2. The molecule has 21 aromatic carbocycles. The van der Waals surface area contributed by atoms with Gasteiger partial charge in [0, 0.05) is 32.9 Å². The van der Waals surface area contributed by atoms with E-state index in [1.165, 1.54) is 226 Å². The molecular weight excluding hydrogens is 1470 g/mol. The number of aromatic nitrogens is 2. The van der Waals surface area contributed by atoms with Crippen molar-refractivity contribution in [3.63, 3.8) is 0 Å². The van der Waals surface area contributed by atoms with Crippen molar-refractivity contribution in [3.8, 4) is 123 Å². The molecule has 0 saturated carbocycles. The van der Waals surface area contributed by atoms with E-state index in [9.17, 15) is 0 Å². The van der Waals surface area contributed by atoms with E-state index in [-0.39, 0.29) is 0 Å². The van der Waals surface area contributed by atoms with Crippen molar-refractivity contribution in [2.45, 2.75) is 12.3 Å². The van der Waals surface area contributed by atoms with Crippen LogP contribution >= 0.6 is 0 Å². The van der Waals surface area contributed by atoms with Crippen molar-refractivity contribution in [2.24, 2.45) is 0 Å². The highest BCUT2D eigenvalue weighted by Gasteiger charge is 2.51. The summed E-state index contributed by atoms with van der Waals surface area (Å²) in [4.78, 5) is 0. The predicted molar refractivity (Wildman–Crippen MR) is 516 cm³/mol. The number of hydrogen-bond donors (Lipinski definition) is 0. The first-order chi connectivity index (χ1) is 60.4. The van der Waals surface area contributed by atoms with Gasteiger partial charge in [-0.15, -0.1) is 0 Å². The average molecular weight is 1550 g/mol. The Morgan fingerprint density at radius 2 is 0.418 bits per heavy atom. The maximum Gasteiger partial charge on any atom is 0.0725 e. The van der Waals surface area contributed by atoms with Gasteiger partial charge in [-0.1, -0.05) is 382 Å². The van der Waals surface area contributed by atoms with Crippen molar-refractivity contribution in [1.82, 2.24) is 9.13 Å². The smallest absolute Gasteiger partial charge is 0.0725 e. The Hall–Kier alpha value is -15.7. The lowest BCUT2D eigenvalue weighted by molar-refractivity contribution is 0.794. The van der Waals surface area contributed by atoms with E-state index >= 15 is 0 Å². The van der Waals surface area contributed by atoms with Crippen molar-refractivity contribution < 1.29 is 0 Å². The summed E-state index contributed by atoms with van der Waals surface area (Å²) < 4.78 is 4.84. The van der Waals surface area contributed by atoms with E-state index in [2.05, 4.69) is 471 Å². The zero-order valence-electron chi connectivity index (χ0n) is 67.2. The van der Waals surface area contributed by atoms with Gasteiger partial charge in [0.15, 0.2) is 0 Å². The molecule has 0 N–H and O–H groups in total. The molecule has 0 radical (unpaired) electrons. The third kappa shape index (κ3) is 11.1.